The Labute approximate surface area is 108 Å². The molecular formula is C13H21N3O2. The van der Waals surface area contributed by atoms with E-state index in [0.29, 0.717) is 24.4 Å². The van der Waals surface area contributed by atoms with Gasteiger partial charge in [0.05, 0.1) is 12.2 Å². The molecule has 1 aromatic rings. The Kier molecular flexibility index (Phi) is 6.14. The van der Waals surface area contributed by atoms with Gasteiger partial charge in [-0.1, -0.05) is 13.3 Å². The van der Waals surface area contributed by atoms with Crippen LogP contribution in [0.5, 0.6) is 0 Å². The van der Waals surface area contributed by atoms with E-state index >= 15 is 0 Å². The first-order valence-electron chi connectivity index (χ1n) is 6.23. The molecule has 0 aliphatic carbocycles. The number of nitrogens with two attached hydrogens (primary N) is 1. The van der Waals surface area contributed by atoms with Gasteiger partial charge in [0.2, 0.25) is 0 Å². The summed E-state index contributed by atoms with van der Waals surface area (Å²) in [6, 6.07) is 1.69. The molecule has 0 radical (unpaired) electrons. The lowest BCUT2D eigenvalue weighted by Gasteiger charge is -2.08. The van der Waals surface area contributed by atoms with Crippen molar-refractivity contribution in [3.8, 4) is 0 Å². The van der Waals surface area contributed by atoms with E-state index in [1.54, 1.807) is 6.07 Å². The maximum absolute atomic E-state index is 11.8. The molecule has 1 rings (SSSR count). The van der Waals surface area contributed by atoms with Gasteiger partial charge in [-0.25, -0.2) is 0 Å². The molecule has 0 bridgehead atoms. The Bertz CT molecular complexity index is 394. The van der Waals surface area contributed by atoms with Crippen LogP contribution in [0.4, 0.5) is 5.69 Å². The van der Waals surface area contributed by atoms with Crippen LogP contribution in [0.2, 0.25) is 0 Å². The van der Waals surface area contributed by atoms with E-state index in [1.807, 2.05) is 6.92 Å². The zero-order valence-corrected chi connectivity index (χ0v) is 11.0. The minimum Gasteiger partial charge on any atom is -0.398 e. The molecule has 0 aliphatic rings. The fourth-order valence-electron chi connectivity index (χ4n) is 1.45. The number of nitrogens with one attached hydrogen (secondary N) is 1. The topological polar surface area (TPSA) is 77.2 Å². The number of hydrogen-bond donors (Lipinski definition) is 2. The van der Waals surface area contributed by atoms with E-state index in [2.05, 4.69) is 17.2 Å². The number of carbonyl (C=O) groups is 1. The Hall–Kier alpha value is -1.62. The second-order valence-corrected chi connectivity index (χ2v) is 4.13. The number of anilines is 1. The number of aromatic nitrogens is 1. The van der Waals surface area contributed by atoms with Crippen LogP contribution < -0.4 is 11.1 Å². The van der Waals surface area contributed by atoms with E-state index in [9.17, 15) is 4.79 Å². The fourth-order valence-corrected chi connectivity index (χ4v) is 1.45. The summed E-state index contributed by atoms with van der Waals surface area (Å²) in [7, 11) is 0. The first kappa shape index (κ1) is 14.4. The molecule has 1 aromatic heterocycles. The lowest BCUT2D eigenvalue weighted by molar-refractivity contribution is 0.0913. The minimum absolute atomic E-state index is 0.209. The normalized spacial score (nSPS) is 10.3. The summed E-state index contributed by atoms with van der Waals surface area (Å²) in [6.45, 7) is 5.68. The number of aryl methyl sites for hydroxylation is 1. The van der Waals surface area contributed by atoms with Gasteiger partial charge in [0, 0.05) is 30.7 Å². The highest BCUT2D eigenvalue weighted by atomic mass is 16.5. The van der Waals surface area contributed by atoms with Crippen molar-refractivity contribution in [2.75, 3.05) is 25.5 Å². The number of rotatable bonds is 7. The van der Waals surface area contributed by atoms with Gasteiger partial charge in [-0.2, -0.15) is 0 Å². The molecule has 1 heterocycles. The molecule has 1 amide bonds. The zero-order chi connectivity index (χ0) is 13.4. The third kappa shape index (κ3) is 4.71. The summed E-state index contributed by atoms with van der Waals surface area (Å²) in [4.78, 5) is 15.8. The van der Waals surface area contributed by atoms with Crippen molar-refractivity contribution >= 4 is 11.6 Å². The van der Waals surface area contributed by atoms with Crippen LogP contribution in [0.25, 0.3) is 0 Å². The average Bonchev–Trinajstić information content (AvgIpc) is 2.33. The third-order valence-corrected chi connectivity index (χ3v) is 2.49. The van der Waals surface area contributed by atoms with Gasteiger partial charge >= 0.3 is 0 Å². The highest BCUT2D eigenvalue weighted by molar-refractivity contribution is 5.98. The largest absolute Gasteiger partial charge is 0.398 e. The summed E-state index contributed by atoms with van der Waals surface area (Å²) < 4.78 is 5.35. The van der Waals surface area contributed by atoms with Gasteiger partial charge in [0.1, 0.15) is 0 Å². The van der Waals surface area contributed by atoms with Crippen LogP contribution in [-0.4, -0.2) is 30.6 Å². The Morgan fingerprint density at radius 2 is 2.28 bits per heavy atom. The number of hydrogen-bond acceptors (Lipinski definition) is 4. The zero-order valence-electron chi connectivity index (χ0n) is 11.0. The first-order chi connectivity index (χ1) is 8.65. The maximum atomic E-state index is 11.8. The molecule has 0 aliphatic heterocycles. The fraction of sp³-hybridized carbons (Fsp3) is 0.538. The molecule has 5 nitrogen and oxygen atoms in total. The molecule has 0 atom stereocenters. The van der Waals surface area contributed by atoms with Gasteiger partial charge in [0.15, 0.2) is 0 Å². The van der Waals surface area contributed by atoms with Crippen LogP contribution in [0, 0.1) is 6.92 Å². The summed E-state index contributed by atoms with van der Waals surface area (Å²) in [5.41, 5.74) is 7.42. The van der Waals surface area contributed by atoms with Crippen molar-refractivity contribution in [2.24, 2.45) is 0 Å². The van der Waals surface area contributed by atoms with E-state index in [0.717, 1.165) is 25.1 Å². The standard InChI is InChI=1S/C13H21N3O2/c1-3-4-6-18-7-5-15-13(17)11-9-16-10(2)8-12(11)14/h8-9H,3-7H2,1-2H3,(H2,14,16)(H,15,17). The van der Waals surface area contributed by atoms with Crippen molar-refractivity contribution in [2.45, 2.75) is 26.7 Å². The predicted molar refractivity (Wildman–Crippen MR) is 71.4 cm³/mol. The van der Waals surface area contributed by atoms with Gasteiger partial charge in [0.25, 0.3) is 5.91 Å². The van der Waals surface area contributed by atoms with Gasteiger partial charge < -0.3 is 15.8 Å². The molecule has 5 heteroatoms. The number of unbranched alkanes of at least 4 members (excludes halogenated alkanes) is 1. The molecule has 0 spiro atoms. The Morgan fingerprint density at radius 1 is 1.50 bits per heavy atom. The molecule has 100 valence electrons. The molecular weight excluding hydrogens is 230 g/mol. The highest BCUT2D eigenvalue weighted by Gasteiger charge is 2.09. The van der Waals surface area contributed by atoms with E-state index < -0.39 is 0 Å². The summed E-state index contributed by atoms with van der Waals surface area (Å²) >= 11 is 0. The van der Waals surface area contributed by atoms with Crippen LogP contribution in [0.15, 0.2) is 12.3 Å². The molecule has 0 saturated carbocycles. The number of nitrogen functional groups attached to an aromatic ring is 1. The highest BCUT2D eigenvalue weighted by Crippen LogP contribution is 2.10. The van der Waals surface area contributed by atoms with Crippen LogP contribution in [0.3, 0.4) is 0 Å². The van der Waals surface area contributed by atoms with Crippen LogP contribution in [0.1, 0.15) is 35.8 Å². The van der Waals surface area contributed by atoms with Gasteiger partial charge in [-0.05, 0) is 19.4 Å². The van der Waals surface area contributed by atoms with E-state index in [1.165, 1.54) is 6.20 Å². The molecule has 3 N–H and O–H groups in total. The third-order valence-electron chi connectivity index (χ3n) is 2.49. The lowest BCUT2D eigenvalue weighted by Crippen LogP contribution is -2.28. The van der Waals surface area contributed by atoms with E-state index in [4.69, 9.17) is 10.5 Å². The monoisotopic (exact) mass is 251 g/mol. The number of amides is 1. The number of ether oxygens (including phenoxy) is 1. The molecule has 0 unspecified atom stereocenters. The second-order valence-electron chi connectivity index (χ2n) is 4.13. The average molecular weight is 251 g/mol. The molecule has 18 heavy (non-hydrogen) atoms. The summed E-state index contributed by atoms with van der Waals surface area (Å²) in [6.07, 6.45) is 3.65. The Balaban J connectivity index is 2.32. The maximum Gasteiger partial charge on any atom is 0.255 e. The van der Waals surface area contributed by atoms with Crippen molar-refractivity contribution in [1.82, 2.24) is 10.3 Å². The van der Waals surface area contributed by atoms with Gasteiger partial charge in [-0.15, -0.1) is 0 Å². The van der Waals surface area contributed by atoms with Gasteiger partial charge in [-0.3, -0.25) is 9.78 Å². The number of carbonyl (C=O) groups excluding carboxylic acids is 1. The van der Waals surface area contributed by atoms with Crippen LogP contribution in [-0.2, 0) is 4.74 Å². The smallest absolute Gasteiger partial charge is 0.255 e. The number of nitrogens with zero attached hydrogens (tertiary/aromatic N) is 1. The summed E-state index contributed by atoms with van der Waals surface area (Å²) in [5.74, 6) is -0.209. The second kappa shape index (κ2) is 7.66. The first-order valence-corrected chi connectivity index (χ1v) is 6.23. The summed E-state index contributed by atoms with van der Waals surface area (Å²) in [5, 5.41) is 2.75. The lowest BCUT2D eigenvalue weighted by atomic mass is 10.2. The SMILES string of the molecule is CCCCOCCNC(=O)c1cnc(C)cc1N. The quantitative estimate of drug-likeness (QED) is 0.720. The Morgan fingerprint density at radius 3 is 2.94 bits per heavy atom. The minimum atomic E-state index is -0.209. The molecule has 0 fully saturated rings. The van der Waals surface area contributed by atoms with Crippen molar-refractivity contribution in [3.63, 3.8) is 0 Å². The molecule has 0 aromatic carbocycles. The predicted octanol–water partition coefficient (Wildman–Crippen LogP) is 1.52. The van der Waals surface area contributed by atoms with E-state index in [-0.39, 0.29) is 5.91 Å². The number of pyridine rings is 1. The molecule has 0 saturated heterocycles. The van der Waals surface area contributed by atoms with Crippen molar-refractivity contribution in [3.05, 3.63) is 23.5 Å². The van der Waals surface area contributed by atoms with Crippen molar-refractivity contribution in [1.29, 1.82) is 0 Å². The van der Waals surface area contributed by atoms with Crippen molar-refractivity contribution < 1.29 is 9.53 Å². The van der Waals surface area contributed by atoms with Crippen LogP contribution >= 0.6 is 0 Å².